The van der Waals surface area contributed by atoms with Crippen LogP contribution >= 0.6 is 11.3 Å². The third-order valence-electron chi connectivity index (χ3n) is 6.06. The van der Waals surface area contributed by atoms with Gasteiger partial charge in [0.15, 0.2) is 0 Å². The molecule has 6 heteroatoms. The highest BCUT2D eigenvalue weighted by Crippen LogP contribution is 2.56. The molecular weight excluding hydrogens is 318 g/mol. The maximum atomic E-state index is 4.43. The number of piperidine rings is 1. The second-order valence-corrected chi connectivity index (χ2v) is 8.59. The van der Waals surface area contributed by atoms with E-state index in [1.54, 1.807) is 11.3 Å². The maximum absolute atomic E-state index is 4.43. The lowest BCUT2D eigenvalue weighted by atomic mass is 9.92. The van der Waals surface area contributed by atoms with Gasteiger partial charge in [-0.15, -0.1) is 11.3 Å². The van der Waals surface area contributed by atoms with Crippen molar-refractivity contribution in [1.29, 1.82) is 0 Å². The predicted octanol–water partition coefficient (Wildman–Crippen LogP) is 2.97. The quantitative estimate of drug-likeness (QED) is 0.905. The molecular formula is C18H27N5S. The fraction of sp³-hybridized carbons (Fsp3) is 0.667. The number of nitrogens with one attached hydrogen (secondary N) is 1. The fourth-order valence-corrected chi connectivity index (χ4v) is 5.01. The van der Waals surface area contributed by atoms with Crippen LogP contribution in [0.3, 0.4) is 0 Å². The lowest BCUT2D eigenvalue weighted by Gasteiger charge is -2.34. The van der Waals surface area contributed by atoms with Crippen molar-refractivity contribution in [3.05, 3.63) is 33.5 Å². The molecule has 0 aromatic carbocycles. The van der Waals surface area contributed by atoms with Crippen LogP contribution in [0.15, 0.2) is 11.6 Å². The summed E-state index contributed by atoms with van der Waals surface area (Å²) < 4.78 is 0. The first-order chi connectivity index (χ1) is 11.6. The van der Waals surface area contributed by atoms with Gasteiger partial charge in [-0.25, -0.2) is 4.98 Å². The first kappa shape index (κ1) is 16.2. The number of hydrogen-bond acceptors (Lipinski definition) is 5. The first-order valence-corrected chi connectivity index (χ1v) is 9.77. The number of nitrogens with zero attached hydrogens (tertiary/aromatic N) is 4. The van der Waals surface area contributed by atoms with Crippen molar-refractivity contribution in [3.63, 3.8) is 0 Å². The van der Waals surface area contributed by atoms with Crippen LogP contribution in [0.4, 0.5) is 0 Å². The van der Waals surface area contributed by atoms with Crippen LogP contribution in [0.25, 0.3) is 0 Å². The van der Waals surface area contributed by atoms with Gasteiger partial charge in [0.05, 0.1) is 12.2 Å². The summed E-state index contributed by atoms with van der Waals surface area (Å²) in [5.41, 5.74) is 4.34. The highest BCUT2D eigenvalue weighted by Gasteiger charge is 2.56. The Balaban J connectivity index is 1.30. The Hall–Kier alpha value is -1.24. The second-order valence-electron chi connectivity index (χ2n) is 7.61. The van der Waals surface area contributed by atoms with Crippen molar-refractivity contribution in [2.75, 3.05) is 20.1 Å². The van der Waals surface area contributed by atoms with Crippen molar-refractivity contribution < 1.29 is 0 Å². The van der Waals surface area contributed by atoms with Crippen LogP contribution in [0, 0.1) is 19.3 Å². The molecule has 130 valence electrons. The summed E-state index contributed by atoms with van der Waals surface area (Å²) in [6, 6.07) is 0.751. The number of likely N-dealkylation sites (tertiary alicyclic amines) is 1. The number of hydrogen-bond donors (Lipinski definition) is 1. The van der Waals surface area contributed by atoms with Gasteiger partial charge >= 0.3 is 0 Å². The molecule has 2 aromatic rings. The molecule has 5 nitrogen and oxygen atoms in total. The van der Waals surface area contributed by atoms with Crippen molar-refractivity contribution in [2.45, 2.75) is 52.2 Å². The number of aromatic amines is 1. The van der Waals surface area contributed by atoms with Crippen molar-refractivity contribution >= 4 is 11.3 Å². The number of aromatic nitrogens is 3. The number of rotatable bonds is 5. The van der Waals surface area contributed by atoms with E-state index in [2.05, 4.69) is 51.3 Å². The molecule has 1 aliphatic carbocycles. The van der Waals surface area contributed by atoms with Crippen molar-refractivity contribution in [2.24, 2.45) is 5.41 Å². The molecule has 2 aromatic heterocycles. The first-order valence-electron chi connectivity index (χ1n) is 8.89. The standard InChI is InChI=1S/C18H27N5S/c1-13-15(14(2)21-20-13)11-23-7-4-18(5-8-23)10-16(18)22(3)12-17-19-6-9-24-17/h6,9,16H,4-5,7-8,10-12H2,1-3H3,(H,20,21)/t16-/m1/s1. The zero-order chi connectivity index (χ0) is 16.7. The van der Waals surface area contributed by atoms with Crippen LogP contribution in [-0.2, 0) is 13.1 Å². The van der Waals surface area contributed by atoms with Gasteiger partial charge in [0, 0.05) is 35.4 Å². The molecule has 0 bridgehead atoms. The highest BCUT2D eigenvalue weighted by molar-refractivity contribution is 7.09. The zero-order valence-electron chi connectivity index (χ0n) is 14.9. The van der Waals surface area contributed by atoms with Crippen LogP contribution < -0.4 is 0 Å². The van der Waals surface area contributed by atoms with Gasteiger partial charge in [-0.3, -0.25) is 14.9 Å². The molecule has 1 atom stereocenters. The molecule has 4 rings (SSSR count). The van der Waals surface area contributed by atoms with E-state index in [9.17, 15) is 0 Å². The normalized spacial score (nSPS) is 23.2. The lowest BCUT2D eigenvalue weighted by molar-refractivity contribution is 0.139. The summed E-state index contributed by atoms with van der Waals surface area (Å²) in [6.07, 6.45) is 5.94. The van der Waals surface area contributed by atoms with E-state index in [4.69, 9.17) is 0 Å². The van der Waals surface area contributed by atoms with E-state index in [1.165, 1.54) is 48.6 Å². The van der Waals surface area contributed by atoms with Gasteiger partial charge in [-0.05, 0) is 58.7 Å². The van der Waals surface area contributed by atoms with Gasteiger partial charge < -0.3 is 0 Å². The number of H-pyrrole nitrogens is 1. The average Bonchev–Trinajstić information content (AvgIpc) is 2.88. The zero-order valence-corrected chi connectivity index (χ0v) is 15.7. The minimum Gasteiger partial charge on any atom is -0.299 e. The Kier molecular flexibility index (Phi) is 4.22. The Labute approximate surface area is 148 Å². The van der Waals surface area contributed by atoms with Gasteiger partial charge in [0.2, 0.25) is 0 Å². The van der Waals surface area contributed by atoms with Crippen LogP contribution in [0.5, 0.6) is 0 Å². The molecule has 1 saturated heterocycles. The molecule has 1 N–H and O–H groups in total. The van der Waals surface area contributed by atoms with E-state index in [0.29, 0.717) is 5.41 Å². The Morgan fingerprint density at radius 1 is 1.38 bits per heavy atom. The van der Waals surface area contributed by atoms with Crippen LogP contribution in [0.1, 0.15) is 41.2 Å². The van der Waals surface area contributed by atoms with Gasteiger partial charge in [-0.2, -0.15) is 5.10 Å². The molecule has 1 spiro atoms. The highest BCUT2D eigenvalue weighted by atomic mass is 32.1. The third-order valence-corrected chi connectivity index (χ3v) is 6.83. The maximum Gasteiger partial charge on any atom is 0.107 e. The van der Waals surface area contributed by atoms with Gasteiger partial charge in [0.25, 0.3) is 0 Å². The topological polar surface area (TPSA) is 48.1 Å². The second kappa shape index (κ2) is 6.24. The molecule has 24 heavy (non-hydrogen) atoms. The Morgan fingerprint density at radius 2 is 2.17 bits per heavy atom. The molecule has 1 aliphatic heterocycles. The van der Waals surface area contributed by atoms with E-state index in [1.807, 2.05) is 6.20 Å². The SMILES string of the molecule is Cc1n[nH]c(C)c1CN1CCC2(CC1)C[C@H]2N(C)Cc1nccs1. The molecule has 0 amide bonds. The van der Waals surface area contributed by atoms with E-state index in [0.717, 1.165) is 24.8 Å². The lowest BCUT2D eigenvalue weighted by Crippen LogP contribution is -2.37. The van der Waals surface area contributed by atoms with Gasteiger partial charge in [0.1, 0.15) is 5.01 Å². The predicted molar refractivity (Wildman–Crippen MR) is 97.0 cm³/mol. The van der Waals surface area contributed by atoms with E-state index in [-0.39, 0.29) is 0 Å². The molecule has 3 heterocycles. The van der Waals surface area contributed by atoms with Crippen LogP contribution in [-0.4, -0.2) is 51.2 Å². The summed E-state index contributed by atoms with van der Waals surface area (Å²) in [7, 11) is 2.27. The minimum atomic E-state index is 0.572. The van der Waals surface area contributed by atoms with Crippen molar-refractivity contribution in [1.82, 2.24) is 25.0 Å². The largest absolute Gasteiger partial charge is 0.299 e. The Morgan fingerprint density at radius 3 is 2.79 bits per heavy atom. The average molecular weight is 346 g/mol. The van der Waals surface area contributed by atoms with Crippen molar-refractivity contribution in [3.8, 4) is 0 Å². The summed E-state index contributed by atoms with van der Waals surface area (Å²) in [6.45, 7) is 8.71. The van der Waals surface area contributed by atoms with Crippen LogP contribution in [0.2, 0.25) is 0 Å². The van der Waals surface area contributed by atoms with E-state index >= 15 is 0 Å². The monoisotopic (exact) mass is 345 g/mol. The fourth-order valence-electron chi connectivity index (χ4n) is 4.33. The summed E-state index contributed by atoms with van der Waals surface area (Å²) in [5.74, 6) is 0. The third kappa shape index (κ3) is 3.03. The smallest absolute Gasteiger partial charge is 0.107 e. The number of thiazole rings is 1. The summed E-state index contributed by atoms with van der Waals surface area (Å²) in [4.78, 5) is 9.56. The molecule has 2 fully saturated rings. The summed E-state index contributed by atoms with van der Waals surface area (Å²) in [5, 5.41) is 10.8. The van der Waals surface area contributed by atoms with Gasteiger partial charge in [-0.1, -0.05) is 0 Å². The Bertz CT molecular complexity index is 665. The molecule has 0 radical (unpaired) electrons. The minimum absolute atomic E-state index is 0.572. The van der Waals surface area contributed by atoms with E-state index < -0.39 is 0 Å². The summed E-state index contributed by atoms with van der Waals surface area (Å²) >= 11 is 1.77. The molecule has 2 aliphatic rings. The molecule has 1 saturated carbocycles. The molecule has 0 unspecified atom stereocenters. The number of aryl methyl sites for hydroxylation is 2.